The molecule has 1 N–H and O–H groups in total. The molecule has 0 saturated carbocycles. The standard InChI is InChI=1S/C14H15NO3S/c1-12-7-9-14(10-8-12)19(16,17)15-11-18-13-5-3-2-4-6-13/h2-10,15H,11H2,1H3. The van der Waals surface area contributed by atoms with Crippen molar-refractivity contribution in [3.05, 3.63) is 60.2 Å². The molecule has 2 rings (SSSR count). The van der Waals surface area contributed by atoms with Gasteiger partial charge in [0.1, 0.15) is 5.75 Å². The maximum absolute atomic E-state index is 11.9. The Bertz CT molecular complexity index is 622. The Labute approximate surface area is 113 Å². The molecule has 0 unspecified atom stereocenters. The molecule has 0 aliphatic carbocycles. The topological polar surface area (TPSA) is 55.4 Å². The average molecular weight is 277 g/mol. The molecule has 0 aliphatic heterocycles. The fourth-order valence-electron chi connectivity index (χ4n) is 1.51. The van der Waals surface area contributed by atoms with Crippen LogP contribution in [0, 0.1) is 6.92 Å². The minimum atomic E-state index is -3.52. The van der Waals surface area contributed by atoms with E-state index >= 15 is 0 Å². The molecule has 19 heavy (non-hydrogen) atoms. The minimum absolute atomic E-state index is 0.0970. The lowest BCUT2D eigenvalue weighted by molar-refractivity contribution is 0.311. The number of sulfonamides is 1. The second kappa shape index (κ2) is 5.86. The number of benzene rings is 2. The predicted molar refractivity (Wildman–Crippen MR) is 73.4 cm³/mol. The van der Waals surface area contributed by atoms with Gasteiger partial charge in [0.15, 0.2) is 6.73 Å². The first-order valence-corrected chi connectivity index (χ1v) is 7.30. The average Bonchev–Trinajstić information content (AvgIpc) is 2.40. The van der Waals surface area contributed by atoms with Crippen LogP contribution in [0.15, 0.2) is 59.5 Å². The van der Waals surface area contributed by atoms with Gasteiger partial charge in [0.05, 0.1) is 4.90 Å². The Hall–Kier alpha value is -1.85. The van der Waals surface area contributed by atoms with Gasteiger partial charge in [-0.2, -0.15) is 4.72 Å². The van der Waals surface area contributed by atoms with Crippen molar-refractivity contribution in [2.75, 3.05) is 6.73 Å². The normalized spacial score (nSPS) is 11.2. The van der Waals surface area contributed by atoms with E-state index in [-0.39, 0.29) is 11.6 Å². The smallest absolute Gasteiger partial charge is 0.243 e. The van der Waals surface area contributed by atoms with Crippen molar-refractivity contribution in [1.82, 2.24) is 4.72 Å². The highest BCUT2D eigenvalue weighted by atomic mass is 32.2. The van der Waals surface area contributed by atoms with Crippen molar-refractivity contribution < 1.29 is 13.2 Å². The van der Waals surface area contributed by atoms with Gasteiger partial charge in [-0.3, -0.25) is 0 Å². The lowest BCUT2D eigenvalue weighted by Gasteiger charge is -2.08. The van der Waals surface area contributed by atoms with Gasteiger partial charge in [-0.25, -0.2) is 8.42 Å². The second-order valence-corrected chi connectivity index (χ2v) is 5.83. The Morgan fingerprint density at radius 3 is 2.26 bits per heavy atom. The summed E-state index contributed by atoms with van der Waals surface area (Å²) in [6.07, 6.45) is 0. The molecule has 0 bridgehead atoms. The van der Waals surface area contributed by atoms with E-state index in [0.29, 0.717) is 5.75 Å². The molecule has 4 nitrogen and oxygen atoms in total. The molecular weight excluding hydrogens is 262 g/mol. The van der Waals surface area contributed by atoms with E-state index in [1.165, 1.54) is 0 Å². The molecule has 0 atom stereocenters. The number of rotatable bonds is 5. The highest BCUT2D eigenvalue weighted by molar-refractivity contribution is 7.89. The monoisotopic (exact) mass is 277 g/mol. The summed E-state index contributed by atoms with van der Waals surface area (Å²) >= 11 is 0. The number of para-hydroxylation sites is 1. The van der Waals surface area contributed by atoms with Crippen LogP contribution in [0.3, 0.4) is 0 Å². The minimum Gasteiger partial charge on any atom is -0.477 e. The van der Waals surface area contributed by atoms with Crippen LogP contribution in [-0.4, -0.2) is 15.1 Å². The maximum Gasteiger partial charge on any atom is 0.243 e. The van der Waals surface area contributed by atoms with Crippen molar-refractivity contribution >= 4 is 10.0 Å². The van der Waals surface area contributed by atoms with Crippen molar-refractivity contribution in [2.24, 2.45) is 0 Å². The summed E-state index contributed by atoms with van der Waals surface area (Å²) in [4.78, 5) is 0.231. The number of ether oxygens (including phenoxy) is 1. The molecule has 100 valence electrons. The summed E-state index contributed by atoms with van der Waals surface area (Å²) in [6, 6.07) is 15.7. The van der Waals surface area contributed by atoms with E-state index in [2.05, 4.69) is 4.72 Å². The van der Waals surface area contributed by atoms with E-state index in [4.69, 9.17) is 4.74 Å². The summed E-state index contributed by atoms with van der Waals surface area (Å²) in [5.41, 5.74) is 1.01. The van der Waals surface area contributed by atoms with Crippen LogP contribution in [-0.2, 0) is 10.0 Å². The first-order valence-electron chi connectivity index (χ1n) is 5.82. The van der Waals surface area contributed by atoms with Crippen LogP contribution in [0.2, 0.25) is 0 Å². The number of hydrogen-bond acceptors (Lipinski definition) is 3. The summed E-state index contributed by atoms with van der Waals surface area (Å²) in [7, 11) is -3.52. The third-order valence-electron chi connectivity index (χ3n) is 2.56. The first kappa shape index (κ1) is 13.6. The molecule has 0 amide bonds. The summed E-state index contributed by atoms with van der Waals surface area (Å²) in [6.45, 7) is 1.81. The van der Waals surface area contributed by atoms with Crippen LogP contribution in [0.25, 0.3) is 0 Å². The van der Waals surface area contributed by atoms with Crippen LogP contribution in [0.5, 0.6) is 5.75 Å². The predicted octanol–water partition coefficient (Wildman–Crippen LogP) is 2.31. The Balaban J connectivity index is 1.97. The van der Waals surface area contributed by atoms with Crippen molar-refractivity contribution in [1.29, 1.82) is 0 Å². The third-order valence-corrected chi connectivity index (χ3v) is 3.95. The molecule has 0 saturated heterocycles. The van der Waals surface area contributed by atoms with Crippen LogP contribution in [0.4, 0.5) is 0 Å². The zero-order chi connectivity index (χ0) is 13.7. The molecular formula is C14H15NO3S. The van der Waals surface area contributed by atoms with E-state index in [1.807, 2.05) is 25.1 Å². The highest BCUT2D eigenvalue weighted by Crippen LogP contribution is 2.11. The lowest BCUT2D eigenvalue weighted by atomic mass is 10.2. The van der Waals surface area contributed by atoms with Gasteiger partial charge in [0.2, 0.25) is 10.0 Å². The lowest BCUT2D eigenvalue weighted by Crippen LogP contribution is -2.27. The molecule has 0 aliphatic rings. The molecule has 2 aromatic rings. The molecule has 0 radical (unpaired) electrons. The van der Waals surface area contributed by atoms with Gasteiger partial charge in [-0.15, -0.1) is 0 Å². The molecule has 0 fully saturated rings. The second-order valence-electron chi connectivity index (χ2n) is 4.06. The number of aryl methyl sites for hydroxylation is 1. The SMILES string of the molecule is Cc1ccc(S(=O)(=O)NCOc2ccccc2)cc1. The van der Waals surface area contributed by atoms with Crippen molar-refractivity contribution in [3.8, 4) is 5.75 Å². The van der Waals surface area contributed by atoms with Crippen LogP contribution < -0.4 is 9.46 Å². The van der Waals surface area contributed by atoms with E-state index in [1.54, 1.807) is 36.4 Å². The van der Waals surface area contributed by atoms with Gasteiger partial charge in [0.25, 0.3) is 0 Å². The largest absolute Gasteiger partial charge is 0.477 e. The van der Waals surface area contributed by atoms with Gasteiger partial charge in [-0.1, -0.05) is 35.9 Å². The highest BCUT2D eigenvalue weighted by Gasteiger charge is 2.12. The Kier molecular flexibility index (Phi) is 4.19. The number of nitrogens with one attached hydrogen (secondary N) is 1. The van der Waals surface area contributed by atoms with Crippen molar-refractivity contribution in [2.45, 2.75) is 11.8 Å². The zero-order valence-electron chi connectivity index (χ0n) is 10.5. The Morgan fingerprint density at radius 1 is 1.00 bits per heavy atom. The van der Waals surface area contributed by atoms with Gasteiger partial charge in [0, 0.05) is 0 Å². The van der Waals surface area contributed by atoms with E-state index < -0.39 is 10.0 Å². The molecule has 0 heterocycles. The van der Waals surface area contributed by atoms with Gasteiger partial charge >= 0.3 is 0 Å². The quantitative estimate of drug-likeness (QED) is 0.853. The third kappa shape index (κ3) is 3.81. The summed E-state index contributed by atoms with van der Waals surface area (Å²) in [5, 5.41) is 0. The van der Waals surface area contributed by atoms with Crippen LogP contribution in [0.1, 0.15) is 5.56 Å². The fraction of sp³-hybridized carbons (Fsp3) is 0.143. The van der Waals surface area contributed by atoms with Crippen LogP contribution >= 0.6 is 0 Å². The maximum atomic E-state index is 11.9. The first-order chi connectivity index (χ1) is 9.08. The van der Waals surface area contributed by atoms with Gasteiger partial charge < -0.3 is 4.74 Å². The zero-order valence-corrected chi connectivity index (χ0v) is 11.4. The summed E-state index contributed by atoms with van der Waals surface area (Å²) in [5.74, 6) is 0.620. The molecule has 0 aromatic heterocycles. The molecule has 2 aromatic carbocycles. The molecule has 0 spiro atoms. The molecule has 5 heteroatoms. The van der Waals surface area contributed by atoms with Crippen molar-refractivity contribution in [3.63, 3.8) is 0 Å². The Morgan fingerprint density at radius 2 is 1.63 bits per heavy atom. The fourth-order valence-corrected chi connectivity index (χ4v) is 2.38. The summed E-state index contributed by atoms with van der Waals surface area (Å²) < 4.78 is 31.6. The van der Waals surface area contributed by atoms with E-state index in [0.717, 1.165) is 5.56 Å². The van der Waals surface area contributed by atoms with Gasteiger partial charge in [-0.05, 0) is 31.2 Å². The van der Waals surface area contributed by atoms with E-state index in [9.17, 15) is 8.42 Å². The number of hydrogen-bond donors (Lipinski definition) is 1.